The summed E-state index contributed by atoms with van der Waals surface area (Å²) in [7, 11) is 0. The van der Waals surface area contributed by atoms with E-state index in [1.807, 2.05) is 0 Å². The number of hydrogen-bond acceptors (Lipinski definition) is 3. The third-order valence-corrected chi connectivity index (χ3v) is 4.49. The van der Waals surface area contributed by atoms with Crippen LogP contribution in [0.4, 0.5) is 5.69 Å². The zero-order chi connectivity index (χ0) is 18.3. The number of hydrazine groups is 1. The van der Waals surface area contributed by atoms with Gasteiger partial charge in [0.25, 0.3) is 11.8 Å². The molecule has 2 N–H and O–H groups in total. The Kier molecular flexibility index (Phi) is 4.77. The summed E-state index contributed by atoms with van der Waals surface area (Å²) in [5.41, 5.74) is 3.67. The van der Waals surface area contributed by atoms with Crippen molar-refractivity contribution < 1.29 is 14.7 Å². The molecule has 0 atom stereocenters. The van der Waals surface area contributed by atoms with Crippen molar-refractivity contribution in [1.29, 1.82) is 0 Å². The van der Waals surface area contributed by atoms with Gasteiger partial charge in [0.05, 0.1) is 5.69 Å². The van der Waals surface area contributed by atoms with E-state index in [2.05, 4.69) is 21.4 Å². The van der Waals surface area contributed by atoms with Crippen LogP contribution >= 0.6 is 39.1 Å². The highest BCUT2D eigenvalue weighted by Crippen LogP contribution is 2.31. The topological polar surface area (TPSA) is 69.6 Å². The first-order valence-electron chi connectivity index (χ1n) is 7.08. The Labute approximate surface area is 161 Å². The number of anilines is 1. The largest absolute Gasteiger partial charge is 0.507 e. The Hall–Kier alpha value is -2.02. The van der Waals surface area contributed by atoms with Gasteiger partial charge in [-0.3, -0.25) is 15.0 Å². The Morgan fingerprint density at radius 1 is 1.12 bits per heavy atom. The quantitative estimate of drug-likeness (QED) is 0.541. The van der Waals surface area contributed by atoms with Gasteiger partial charge in [-0.05, 0) is 48.9 Å². The van der Waals surface area contributed by atoms with E-state index in [9.17, 15) is 14.7 Å². The zero-order valence-electron chi connectivity index (χ0n) is 12.8. The summed E-state index contributed by atoms with van der Waals surface area (Å²) in [6, 6.07) is 7.89. The molecular formula is C17H11BrCl2N2O3. The number of aryl methyl sites for hydroxylation is 1. The number of phenols is 1. The number of nitrogens with one attached hydrogen (secondary N) is 1. The molecular weight excluding hydrogens is 431 g/mol. The molecule has 0 aromatic heterocycles. The van der Waals surface area contributed by atoms with Crippen LogP contribution in [0.1, 0.15) is 11.1 Å². The molecule has 1 fully saturated rings. The minimum Gasteiger partial charge on any atom is -0.507 e. The van der Waals surface area contributed by atoms with Crippen LogP contribution in [0.15, 0.2) is 40.4 Å². The Bertz CT molecular complexity index is 923. The number of rotatable bonds is 2. The number of benzene rings is 2. The van der Waals surface area contributed by atoms with Crippen molar-refractivity contribution in [2.24, 2.45) is 0 Å². The lowest BCUT2D eigenvalue weighted by Gasteiger charge is -2.15. The maximum absolute atomic E-state index is 12.6. The van der Waals surface area contributed by atoms with Gasteiger partial charge in [0.15, 0.2) is 0 Å². The second-order valence-corrected chi connectivity index (χ2v) is 7.22. The molecule has 25 heavy (non-hydrogen) atoms. The minimum absolute atomic E-state index is 0.000509. The van der Waals surface area contributed by atoms with E-state index >= 15 is 0 Å². The summed E-state index contributed by atoms with van der Waals surface area (Å²) < 4.78 is 0.721. The SMILES string of the molecule is Cc1cc(Br)cc(/C=C2/C(=O)NN(c3cc(Cl)cc(Cl)c3)C2=O)c1O. The van der Waals surface area contributed by atoms with Crippen molar-refractivity contribution in [3.63, 3.8) is 0 Å². The van der Waals surface area contributed by atoms with Gasteiger partial charge >= 0.3 is 0 Å². The third-order valence-electron chi connectivity index (χ3n) is 3.59. The number of halogens is 3. The first kappa shape index (κ1) is 17.8. The molecule has 1 saturated heterocycles. The maximum Gasteiger partial charge on any atom is 0.282 e. The number of carbonyl (C=O) groups is 2. The molecule has 0 spiro atoms. The predicted molar refractivity (Wildman–Crippen MR) is 101 cm³/mol. The Morgan fingerprint density at radius 2 is 1.76 bits per heavy atom. The third kappa shape index (κ3) is 3.51. The van der Waals surface area contributed by atoms with E-state index in [-0.39, 0.29) is 11.3 Å². The lowest BCUT2D eigenvalue weighted by atomic mass is 10.1. The maximum atomic E-state index is 12.6. The Morgan fingerprint density at radius 3 is 2.40 bits per heavy atom. The van der Waals surface area contributed by atoms with Crippen molar-refractivity contribution in [2.45, 2.75) is 6.92 Å². The highest BCUT2D eigenvalue weighted by Gasteiger charge is 2.35. The van der Waals surface area contributed by atoms with Gasteiger partial charge in [-0.2, -0.15) is 0 Å². The summed E-state index contributed by atoms with van der Waals surface area (Å²) in [4.78, 5) is 24.8. The van der Waals surface area contributed by atoms with Crippen molar-refractivity contribution in [3.8, 4) is 5.75 Å². The molecule has 3 rings (SSSR count). The highest BCUT2D eigenvalue weighted by molar-refractivity contribution is 9.10. The second-order valence-electron chi connectivity index (χ2n) is 5.43. The first-order valence-corrected chi connectivity index (χ1v) is 8.63. The van der Waals surface area contributed by atoms with Crippen LogP contribution in [-0.4, -0.2) is 16.9 Å². The second kappa shape index (κ2) is 6.71. The molecule has 0 aliphatic carbocycles. The van der Waals surface area contributed by atoms with Crippen molar-refractivity contribution >= 4 is 62.7 Å². The van der Waals surface area contributed by atoms with Crippen LogP contribution in [0.2, 0.25) is 10.0 Å². The predicted octanol–water partition coefficient (Wildman–Crippen LogP) is 4.23. The number of phenolic OH excluding ortho intramolecular Hbond substituents is 1. The van der Waals surface area contributed by atoms with Crippen molar-refractivity contribution in [3.05, 3.63) is 61.5 Å². The number of carbonyl (C=O) groups excluding carboxylic acids is 2. The molecule has 128 valence electrons. The standard InChI is InChI=1S/C17H11BrCl2N2O3/c1-8-2-10(18)3-9(15(8)23)4-14-16(24)21-22(17(14)25)13-6-11(19)5-12(20)7-13/h2-7,23H,1H3,(H,21,24)/b14-4-. The van der Waals surface area contributed by atoms with Gasteiger partial charge in [0.1, 0.15) is 11.3 Å². The molecule has 1 aliphatic rings. The summed E-state index contributed by atoms with van der Waals surface area (Å²) in [6.07, 6.45) is 1.34. The number of amides is 2. The van der Waals surface area contributed by atoms with Gasteiger partial charge in [0.2, 0.25) is 0 Å². The lowest BCUT2D eigenvalue weighted by molar-refractivity contribution is -0.117. The zero-order valence-corrected chi connectivity index (χ0v) is 15.9. The average Bonchev–Trinajstić information content (AvgIpc) is 2.79. The molecule has 5 nitrogen and oxygen atoms in total. The summed E-state index contributed by atoms with van der Waals surface area (Å²) >= 11 is 15.2. The molecule has 1 heterocycles. The fraction of sp³-hybridized carbons (Fsp3) is 0.0588. The molecule has 0 radical (unpaired) electrons. The van der Waals surface area contributed by atoms with E-state index in [0.717, 1.165) is 9.48 Å². The van der Waals surface area contributed by atoms with Gasteiger partial charge in [-0.15, -0.1) is 0 Å². The molecule has 0 bridgehead atoms. The number of hydrogen-bond donors (Lipinski definition) is 2. The van der Waals surface area contributed by atoms with Crippen LogP contribution in [0.25, 0.3) is 6.08 Å². The minimum atomic E-state index is -0.585. The van der Waals surface area contributed by atoms with E-state index < -0.39 is 11.8 Å². The lowest BCUT2D eigenvalue weighted by Crippen LogP contribution is -2.35. The van der Waals surface area contributed by atoms with Gasteiger partial charge in [-0.25, -0.2) is 5.01 Å². The summed E-state index contributed by atoms with van der Waals surface area (Å²) in [5.74, 6) is -1.15. The van der Waals surface area contributed by atoms with Crippen LogP contribution in [-0.2, 0) is 9.59 Å². The van der Waals surface area contributed by atoms with Crippen LogP contribution in [0.3, 0.4) is 0 Å². The fourth-order valence-electron chi connectivity index (χ4n) is 2.43. The molecule has 2 aromatic rings. The van der Waals surface area contributed by atoms with Crippen molar-refractivity contribution in [1.82, 2.24) is 5.43 Å². The molecule has 0 saturated carbocycles. The van der Waals surface area contributed by atoms with Gasteiger partial charge in [0, 0.05) is 20.1 Å². The summed E-state index contributed by atoms with van der Waals surface area (Å²) in [6.45, 7) is 1.72. The van der Waals surface area contributed by atoms with Crippen LogP contribution < -0.4 is 10.4 Å². The molecule has 8 heteroatoms. The highest BCUT2D eigenvalue weighted by atomic mass is 79.9. The fourth-order valence-corrected chi connectivity index (χ4v) is 3.54. The normalized spacial score (nSPS) is 15.8. The number of aromatic hydroxyl groups is 1. The first-order chi connectivity index (χ1) is 11.8. The summed E-state index contributed by atoms with van der Waals surface area (Å²) in [5, 5.41) is 11.9. The number of nitrogens with zero attached hydrogens (tertiary/aromatic N) is 1. The monoisotopic (exact) mass is 440 g/mol. The van der Waals surface area contributed by atoms with Gasteiger partial charge in [-0.1, -0.05) is 39.1 Å². The molecule has 0 unspecified atom stereocenters. The van der Waals surface area contributed by atoms with Crippen LogP contribution in [0, 0.1) is 6.92 Å². The van der Waals surface area contributed by atoms with E-state index in [0.29, 0.717) is 26.9 Å². The average molecular weight is 442 g/mol. The molecule has 2 amide bonds. The smallest absolute Gasteiger partial charge is 0.282 e. The van der Waals surface area contributed by atoms with E-state index in [1.165, 1.54) is 24.3 Å². The van der Waals surface area contributed by atoms with Gasteiger partial charge < -0.3 is 5.11 Å². The molecule has 2 aromatic carbocycles. The van der Waals surface area contributed by atoms with Crippen LogP contribution in [0.5, 0.6) is 5.75 Å². The Balaban J connectivity index is 2.02. The molecule has 1 aliphatic heterocycles. The van der Waals surface area contributed by atoms with E-state index in [1.54, 1.807) is 19.1 Å². The van der Waals surface area contributed by atoms with Crippen molar-refractivity contribution in [2.75, 3.05) is 5.01 Å². The van der Waals surface area contributed by atoms with E-state index in [4.69, 9.17) is 23.2 Å².